The van der Waals surface area contributed by atoms with Crippen molar-refractivity contribution in [2.45, 2.75) is 56.3 Å². The molecule has 3 aromatic rings. The number of aryl methyl sites for hydroxylation is 1. The first-order valence-corrected chi connectivity index (χ1v) is 10.5. The van der Waals surface area contributed by atoms with E-state index in [1.807, 2.05) is 0 Å². The molecule has 31 heavy (non-hydrogen) atoms. The van der Waals surface area contributed by atoms with Crippen LogP contribution in [-0.2, 0) is 11.8 Å². The summed E-state index contributed by atoms with van der Waals surface area (Å²) in [5, 5.41) is 36.4. The van der Waals surface area contributed by atoms with E-state index in [-0.39, 0.29) is 11.6 Å². The van der Waals surface area contributed by atoms with Crippen molar-refractivity contribution in [3.63, 3.8) is 0 Å². The summed E-state index contributed by atoms with van der Waals surface area (Å²) >= 11 is 0. The highest BCUT2D eigenvalue weighted by Gasteiger charge is 2.47. The molecular formula is C18H24N10O3. The maximum Gasteiger partial charge on any atom is 0.227 e. The number of nitrogens with zero attached hydrogens (tertiary/aromatic N) is 8. The normalized spacial score (nSPS) is 34.7. The van der Waals surface area contributed by atoms with Crippen LogP contribution in [0.4, 0.5) is 11.8 Å². The van der Waals surface area contributed by atoms with Gasteiger partial charge in [-0.3, -0.25) is 4.57 Å². The van der Waals surface area contributed by atoms with Crippen LogP contribution in [0.25, 0.3) is 11.2 Å². The van der Waals surface area contributed by atoms with Gasteiger partial charge >= 0.3 is 0 Å². The third kappa shape index (κ3) is 2.95. The zero-order valence-electron chi connectivity index (χ0n) is 16.9. The van der Waals surface area contributed by atoms with Crippen molar-refractivity contribution in [3.05, 3.63) is 12.2 Å². The van der Waals surface area contributed by atoms with Gasteiger partial charge in [-0.05, 0) is 36.3 Å². The Hall–Kier alpha value is -2.90. The largest absolute Gasteiger partial charge is 0.387 e. The van der Waals surface area contributed by atoms with Gasteiger partial charge in [-0.25, -0.2) is 4.98 Å². The lowest BCUT2D eigenvalue weighted by Crippen LogP contribution is -2.29. The predicted molar refractivity (Wildman–Crippen MR) is 106 cm³/mol. The molecule has 0 aromatic carbocycles. The van der Waals surface area contributed by atoms with E-state index in [4.69, 9.17) is 10.5 Å². The number of ether oxygens (including phenoxy) is 1. The molecule has 6 rings (SSSR count). The minimum Gasteiger partial charge on any atom is -0.387 e. The van der Waals surface area contributed by atoms with E-state index in [1.165, 1.54) is 30.4 Å². The topological polar surface area (TPSA) is 175 Å². The fourth-order valence-electron chi connectivity index (χ4n) is 5.29. The van der Waals surface area contributed by atoms with Gasteiger partial charge in [-0.15, -0.1) is 10.2 Å². The highest BCUT2D eigenvalue weighted by Crippen LogP contribution is 2.45. The van der Waals surface area contributed by atoms with Crippen LogP contribution in [0.3, 0.4) is 0 Å². The van der Waals surface area contributed by atoms with Crippen molar-refractivity contribution in [2.24, 2.45) is 18.9 Å². The van der Waals surface area contributed by atoms with Gasteiger partial charge in [0.2, 0.25) is 11.8 Å². The van der Waals surface area contributed by atoms with Gasteiger partial charge in [-0.1, -0.05) is 6.42 Å². The number of imidazole rings is 1. The van der Waals surface area contributed by atoms with E-state index in [9.17, 15) is 10.2 Å². The van der Waals surface area contributed by atoms with Crippen molar-refractivity contribution in [3.8, 4) is 0 Å². The SMILES string of the molecule is Cn1nnc(C2O[C@@H](n3cnc4c(N)nc(NC5CC6CCC5C6)nc43)[C@H](O)[C@@H]2O)n1. The average molecular weight is 428 g/mol. The molecule has 13 heteroatoms. The predicted octanol–water partition coefficient (Wildman–Crippen LogP) is -0.476. The van der Waals surface area contributed by atoms with Crippen molar-refractivity contribution in [2.75, 3.05) is 11.1 Å². The number of tetrazole rings is 1. The van der Waals surface area contributed by atoms with E-state index < -0.39 is 24.5 Å². The Kier molecular flexibility index (Phi) is 4.13. The minimum absolute atomic E-state index is 0.189. The number of nitrogens with one attached hydrogen (secondary N) is 1. The maximum atomic E-state index is 10.7. The number of rotatable bonds is 4. The van der Waals surface area contributed by atoms with E-state index in [1.54, 1.807) is 11.6 Å². The van der Waals surface area contributed by atoms with Crippen LogP contribution in [0.1, 0.15) is 43.8 Å². The molecule has 1 aliphatic heterocycles. The standard InChI is InChI=1S/C18H24N10O3/c1-27-25-15(24-26-27)13-11(29)12(30)17(31-13)28-6-20-10-14(19)22-18(23-16(10)28)21-9-5-7-2-3-8(9)4-7/h6-9,11-13,17,29-30H,2-5H2,1H3,(H3,19,21,22,23)/t7?,8?,9?,11-,12+,13?,17+/m0/s1. The van der Waals surface area contributed by atoms with E-state index in [0.29, 0.717) is 29.1 Å². The zero-order chi connectivity index (χ0) is 21.3. The number of nitrogen functional groups attached to an aromatic ring is 1. The summed E-state index contributed by atoms with van der Waals surface area (Å²) in [4.78, 5) is 14.6. The number of hydrogen-bond donors (Lipinski definition) is 4. The minimum atomic E-state index is -1.25. The van der Waals surface area contributed by atoms with Crippen LogP contribution >= 0.6 is 0 Å². The van der Waals surface area contributed by atoms with Crippen LogP contribution in [0.15, 0.2) is 6.33 Å². The molecule has 4 heterocycles. The molecule has 2 bridgehead atoms. The van der Waals surface area contributed by atoms with Gasteiger partial charge in [0.15, 0.2) is 23.8 Å². The molecule has 0 spiro atoms. The van der Waals surface area contributed by atoms with Gasteiger partial charge in [0.05, 0.1) is 13.4 Å². The summed E-state index contributed by atoms with van der Waals surface area (Å²) in [5.74, 6) is 2.29. The Morgan fingerprint density at radius 3 is 2.77 bits per heavy atom. The number of aromatic nitrogens is 8. The molecular weight excluding hydrogens is 404 g/mol. The molecule has 164 valence electrons. The molecule has 3 aromatic heterocycles. The average Bonchev–Trinajstić information content (AvgIpc) is 3.54. The smallest absolute Gasteiger partial charge is 0.227 e. The first kappa shape index (κ1) is 18.8. The van der Waals surface area contributed by atoms with E-state index in [0.717, 1.165) is 12.3 Å². The lowest BCUT2D eigenvalue weighted by Gasteiger charge is -2.23. The lowest BCUT2D eigenvalue weighted by molar-refractivity contribution is -0.0384. The Balaban J connectivity index is 1.32. The summed E-state index contributed by atoms with van der Waals surface area (Å²) in [7, 11) is 1.61. The van der Waals surface area contributed by atoms with Gasteiger partial charge in [0.1, 0.15) is 17.7 Å². The van der Waals surface area contributed by atoms with Crippen LogP contribution in [-0.4, -0.2) is 68.2 Å². The Labute approximate surface area is 176 Å². The Bertz CT molecular complexity index is 1130. The van der Waals surface area contributed by atoms with Crippen molar-refractivity contribution < 1.29 is 14.9 Å². The molecule has 0 radical (unpaired) electrons. The number of fused-ring (bicyclic) bond motifs is 3. The van der Waals surface area contributed by atoms with Gasteiger partial charge in [0, 0.05) is 6.04 Å². The van der Waals surface area contributed by atoms with Crippen LogP contribution < -0.4 is 11.1 Å². The van der Waals surface area contributed by atoms with Crippen molar-refractivity contribution in [1.29, 1.82) is 0 Å². The fraction of sp³-hybridized carbons (Fsp3) is 0.667. The summed E-state index contributed by atoms with van der Waals surface area (Å²) in [6.07, 6.45) is 2.02. The second-order valence-electron chi connectivity index (χ2n) is 8.75. The monoisotopic (exact) mass is 428 g/mol. The molecule has 13 nitrogen and oxygen atoms in total. The summed E-state index contributed by atoms with van der Waals surface area (Å²) in [6.45, 7) is 0. The summed E-state index contributed by atoms with van der Waals surface area (Å²) < 4.78 is 7.47. The second-order valence-corrected chi connectivity index (χ2v) is 8.75. The molecule has 7 atom stereocenters. The van der Waals surface area contributed by atoms with Gasteiger partial charge < -0.3 is 26.0 Å². The quantitative estimate of drug-likeness (QED) is 0.422. The molecule has 3 fully saturated rings. The Morgan fingerprint density at radius 2 is 2.06 bits per heavy atom. The number of aliphatic hydroxyl groups excluding tert-OH is 2. The fourth-order valence-corrected chi connectivity index (χ4v) is 5.29. The highest BCUT2D eigenvalue weighted by atomic mass is 16.6. The van der Waals surface area contributed by atoms with Crippen LogP contribution in [0.2, 0.25) is 0 Å². The van der Waals surface area contributed by atoms with Crippen LogP contribution in [0, 0.1) is 11.8 Å². The first-order valence-electron chi connectivity index (χ1n) is 10.5. The number of nitrogens with two attached hydrogens (primary N) is 1. The maximum absolute atomic E-state index is 10.7. The van der Waals surface area contributed by atoms with Gasteiger partial charge in [0.25, 0.3) is 0 Å². The molecule has 4 unspecified atom stereocenters. The number of aliphatic hydroxyl groups is 2. The second kappa shape index (κ2) is 6.80. The lowest BCUT2D eigenvalue weighted by atomic mass is 9.95. The zero-order valence-corrected chi connectivity index (χ0v) is 16.9. The third-order valence-electron chi connectivity index (χ3n) is 6.79. The first-order chi connectivity index (χ1) is 15.0. The third-order valence-corrected chi connectivity index (χ3v) is 6.79. The van der Waals surface area contributed by atoms with Crippen molar-refractivity contribution in [1.82, 2.24) is 39.7 Å². The van der Waals surface area contributed by atoms with Gasteiger partial charge in [-0.2, -0.15) is 14.8 Å². The summed E-state index contributed by atoms with van der Waals surface area (Å²) in [6, 6.07) is 0.342. The number of hydrogen-bond acceptors (Lipinski definition) is 11. The summed E-state index contributed by atoms with van der Waals surface area (Å²) in [5.41, 5.74) is 6.98. The molecule has 3 aliphatic rings. The Morgan fingerprint density at radius 1 is 1.19 bits per heavy atom. The molecule has 5 N–H and O–H groups in total. The molecule has 2 aliphatic carbocycles. The number of anilines is 2. The molecule has 2 saturated carbocycles. The van der Waals surface area contributed by atoms with E-state index in [2.05, 4.69) is 35.7 Å². The van der Waals surface area contributed by atoms with Crippen molar-refractivity contribution >= 4 is 22.9 Å². The van der Waals surface area contributed by atoms with Crippen LogP contribution in [0.5, 0.6) is 0 Å². The molecule has 0 amide bonds. The van der Waals surface area contributed by atoms with E-state index >= 15 is 0 Å². The highest BCUT2D eigenvalue weighted by molar-refractivity contribution is 5.83. The molecule has 1 saturated heterocycles.